The Labute approximate surface area is 151 Å². The molecular formula is C18H20ClNO3S. The van der Waals surface area contributed by atoms with Gasteiger partial charge in [-0.2, -0.15) is 11.8 Å². The Balaban J connectivity index is 1.85. The fourth-order valence-electron chi connectivity index (χ4n) is 2.10. The second-order valence-corrected chi connectivity index (χ2v) is 6.54. The normalized spacial score (nSPS) is 10.3. The fourth-order valence-corrected chi connectivity index (χ4v) is 3.23. The Morgan fingerprint density at radius 2 is 1.83 bits per heavy atom. The number of halogens is 1. The van der Waals surface area contributed by atoms with Crippen molar-refractivity contribution in [3.05, 3.63) is 53.1 Å². The zero-order valence-electron chi connectivity index (χ0n) is 13.7. The van der Waals surface area contributed by atoms with Crippen molar-refractivity contribution in [1.82, 2.24) is 0 Å². The molecule has 24 heavy (non-hydrogen) atoms. The van der Waals surface area contributed by atoms with Crippen molar-refractivity contribution in [1.29, 1.82) is 0 Å². The summed E-state index contributed by atoms with van der Waals surface area (Å²) >= 11 is 7.78. The van der Waals surface area contributed by atoms with Crippen LogP contribution in [0.15, 0.2) is 42.5 Å². The largest absolute Gasteiger partial charge is 0.495 e. The number of methoxy groups -OCH3 is 2. The van der Waals surface area contributed by atoms with Gasteiger partial charge < -0.3 is 14.8 Å². The Hall–Kier alpha value is -1.85. The van der Waals surface area contributed by atoms with Gasteiger partial charge in [-0.15, -0.1) is 0 Å². The van der Waals surface area contributed by atoms with Crippen LogP contribution in [-0.2, 0) is 10.5 Å². The molecule has 0 aliphatic rings. The van der Waals surface area contributed by atoms with Crippen LogP contribution in [-0.4, -0.2) is 25.9 Å². The van der Waals surface area contributed by atoms with Gasteiger partial charge in [0.25, 0.3) is 0 Å². The second kappa shape index (κ2) is 9.45. The monoisotopic (exact) mass is 365 g/mol. The smallest absolute Gasteiger partial charge is 0.225 e. The van der Waals surface area contributed by atoms with Gasteiger partial charge in [-0.05, 0) is 5.56 Å². The minimum Gasteiger partial charge on any atom is -0.495 e. The topological polar surface area (TPSA) is 47.6 Å². The van der Waals surface area contributed by atoms with E-state index < -0.39 is 0 Å². The van der Waals surface area contributed by atoms with Gasteiger partial charge in [0.15, 0.2) is 0 Å². The van der Waals surface area contributed by atoms with Crippen molar-refractivity contribution in [2.45, 2.75) is 12.2 Å². The summed E-state index contributed by atoms with van der Waals surface area (Å²) in [5.74, 6) is 2.57. The van der Waals surface area contributed by atoms with Crippen molar-refractivity contribution in [2.75, 3.05) is 25.3 Å². The quantitative estimate of drug-likeness (QED) is 0.693. The third kappa shape index (κ3) is 5.35. The van der Waals surface area contributed by atoms with E-state index in [1.165, 1.54) is 19.8 Å². The molecule has 0 saturated heterocycles. The first-order chi connectivity index (χ1) is 11.6. The highest BCUT2D eigenvalue weighted by molar-refractivity contribution is 7.98. The van der Waals surface area contributed by atoms with Gasteiger partial charge >= 0.3 is 0 Å². The molecule has 0 spiro atoms. The summed E-state index contributed by atoms with van der Waals surface area (Å²) < 4.78 is 10.4. The predicted molar refractivity (Wildman–Crippen MR) is 100 cm³/mol. The van der Waals surface area contributed by atoms with Crippen LogP contribution >= 0.6 is 23.4 Å². The number of carbonyl (C=O) groups is 1. The molecule has 0 heterocycles. The van der Waals surface area contributed by atoms with Crippen molar-refractivity contribution in [3.8, 4) is 11.5 Å². The Morgan fingerprint density at radius 3 is 2.50 bits per heavy atom. The minimum absolute atomic E-state index is 0.0711. The van der Waals surface area contributed by atoms with Crippen molar-refractivity contribution < 1.29 is 14.3 Å². The molecule has 0 aliphatic carbocycles. The molecular weight excluding hydrogens is 346 g/mol. The first kappa shape index (κ1) is 18.5. The van der Waals surface area contributed by atoms with Crippen LogP contribution in [0.5, 0.6) is 11.5 Å². The highest BCUT2D eigenvalue weighted by Crippen LogP contribution is 2.35. The molecule has 1 amide bonds. The fraction of sp³-hybridized carbons (Fsp3) is 0.278. The van der Waals surface area contributed by atoms with Crippen LogP contribution in [0.4, 0.5) is 5.69 Å². The molecule has 0 atom stereocenters. The number of ether oxygens (including phenoxy) is 2. The van der Waals surface area contributed by atoms with E-state index in [0.29, 0.717) is 28.6 Å². The van der Waals surface area contributed by atoms with Gasteiger partial charge in [0, 0.05) is 30.1 Å². The van der Waals surface area contributed by atoms with E-state index >= 15 is 0 Å². The first-order valence-corrected chi connectivity index (χ1v) is 9.00. The zero-order valence-corrected chi connectivity index (χ0v) is 15.2. The standard InChI is InChI=1S/C18H20ClNO3S/c1-22-16-11-15(17(23-2)10-14(16)19)20-18(21)8-9-24-12-13-6-4-3-5-7-13/h3-7,10-11H,8-9,12H2,1-2H3,(H,20,21). The third-order valence-electron chi connectivity index (χ3n) is 3.33. The SMILES string of the molecule is COc1cc(NC(=O)CCSCc2ccccc2)c(OC)cc1Cl. The average molecular weight is 366 g/mol. The number of amides is 1. The molecule has 0 bridgehead atoms. The van der Waals surface area contributed by atoms with Gasteiger partial charge in [0.1, 0.15) is 11.5 Å². The maximum absolute atomic E-state index is 12.1. The van der Waals surface area contributed by atoms with E-state index in [0.717, 1.165) is 11.5 Å². The Morgan fingerprint density at radius 1 is 1.12 bits per heavy atom. The maximum Gasteiger partial charge on any atom is 0.225 e. The molecule has 128 valence electrons. The number of thioether (sulfide) groups is 1. The van der Waals surface area contributed by atoms with E-state index in [1.54, 1.807) is 23.9 Å². The lowest BCUT2D eigenvalue weighted by Crippen LogP contribution is -2.13. The van der Waals surface area contributed by atoms with E-state index in [-0.39, 0.29) is 5.91 Å². The van der Waals surface area contributed by atoms with Crippen LogP contribution < -0.4 is 14.8 Å². The molecule has 0 aromatic heterocycles. The average Bonchev–Trinajstić information content (AvgIpc) is 2.60. The minimum atomic E-state index is -0.0711. The molecule has 0 radical (unpaired) electrons. The van der Waals surface area contributed by atoms with Crippen LogP contribution in [0.25, 0.3) is 0 Å². The lowest BCUT2D eigenvalue weighted by atomic mass is 10.2. The second-order valence-electron chi connectivity index (χ2n) is 5.02. The summed E-state index contributed by atoms with van der Waals surface area (Å²) in [4.78, 5) is 12.1. The van der Waals surface area contributed by atoms with Gasteiger partial charge in [-0.25, -0.2) is 0 Å². The number of benzene rings is 2. The summed E-state index contributed by atoms with van der Waals surface area (Å²) in [5.41, 5.74) is 1.81. The summed E-state index contributed by atoms with van der Waals surface area (Å²) in [6, 6.07) is 13.5. The zero-order chi connectivity index (χ0) is 17.4. The van der Waals surface area contributed by atoms with Crippen LogP contribution in [0, 0.1) is 0 Å². The molecule has 0 saturated carbocycles. The molecule has 0 fully saturated rings. The number of nitrogens with one attached hydrogen (secondary N) is 1. The van der Waals surface area contributed by atoms with Crippen LogP contribution in [0.2, 0.25) is 5.02 Å². The predicted octanol–water partition coefficient (Wildman–Crippen LogP) is 4.62. The Bertz CT molecular complexity index is 679. The molecule has 6 heteroatoms. The van der Waals surface area contributed by atoms with Crippen LogP contribution in [0.1, 0.15) is 12.0 Å². The lowest BCUT2D eigenvalue weighted by molar-refractivity contribution is -0.115. The molecule has 2 aromatic carbocycles. The summed E-state index contributed by atoms with van der Waals surface area (Å²) in [5, 5.41) is 3.28. The summed E-state index contributed by atoms with van der Waals surface area (Å²) in [6.07, 6.45) is 0.422. The third-order valence-corrected chi connectivity index (χ3v) is 4.66. The van der Waals surface area contributed by atoms with Gasteiger partial charge in [-0.1, -0.05) is 41.9 Å². The highest BCUT2D eigenvalue weighted by atomic mass is 35.5. The van der Waals surface area contributed by atoms with Crippen molar-refractivity contribution in [3.63, 3.8) is 0 Å². The van der Waals surface area contributed by atoms with E-state index in [9.17, 15) is 4.79 Å². The van der Waals surface area contributed by atoms with Gasteiger partial charge in [0.05, 0.1) is 24.9 Å². The lowest BCUT2D eigenvalue weighted by Gasteiger charge is -2.13. The molecule has 4 nitrogen and oxygen atoms in total. The van der Waals surface area contributed by atoms with Crippen LogP contribution in [0.3, 0.4) is 0 Å². The number of hydrogen-bond acceptors (Lipinski definition) is 4. The molecule has 0 aliphatic heterocycles. The number of carbonyl (C=O) groups excluding carboxylic acids is 1. The van der Waals surface area contributed by atoms with Crippen molar-refractivity contribution >= 4 is 35.0 Å². The number of anilines is 1. The Kier molecular flexibility index (Phi) is 7.28. The van der Waals surface area contributed by atoms with E-state index in [1.807, 2.05) is 18.2 Å². The molecule has 2 rings (SSSR count). The van der Waals surface area contributed by atoms with Crippen molar-refractivity contribution in [2.24, 2.45) is 0 Å². The molecule has 1 N–H and O–H groups in total. The number of rotatable bonds is 8. The number of hydrogen-bond donors (Lipinski definition) is 1. The first-order valence-electron chi connectivity index (χ1n) is 7.47. The molecule has 0 unspecified atom stereocenters. The maximum atomic E-state index is 12.1. The summed E-state index contributed by atoms with van der Waals surface area (Å²) in [7, 11) is 3.06. The highest BCUT2D eigenvalue weighted by Gasteiger charge is 2.12. The summed E-state index contributed by atoms with van der Waals surface area (Å²) in [6.45, 7) is 0. The molecule has 2 aromatic rings. The van der Waals surface area contributed by atoms with E-state index in [2.05, 4.69) is 17.4 Å². The van der Waals surface area contributed by atoms with Gasteiger partial charge in [-0.3, -0.25) is 4.79 Å². The van der Waals surface area contributed by atoms with E-state index in [4.69, 9.17) is 21.1 Å². The van der Waals surface area contributed by atoms with Gasteiger partial charge in [0.2, 0.25) is 5.91 Å².